The molecular formula is C8H8Cl2O2. The van der Waals surface area contributed by atoms with Crippen LogP contribution in [-0.4, -0.2) is 11.4 Å². The lowest BCUT2D eigenvalue weighted by molar-refractivity contribution is -0.000211. The molecule has 1 atom stereocenters. The van der Waals surface area contributed by atoms with Crippen LogP contribution in [0, 0.1) is 0 Å². The number of benzene rings is 1. The third-order valence-electron chi connectivity index (χ3n) is 1.21. The molecule has 0 aromatic heterocycles. The summed E-state index contributed by atoms with van der Waals surface area (Å²) in [7, 11) is 0. The van der Waals surface area contributed by atoms with Gasteiger partial charge in [-0.3, -0.25) is 0 Å². The second-order valence-corrected chi connectivity index (χ2v) is 3.05. The molecule has 0 saturated heterocycles. The Kier molecular flexibility index (Phi) is 3.20. The normalized spacial score (nSPS) is 12.7. The minimum Gasteiger partial charge on any atom is -0.464 e. The molecule has 0 amide bonds. The predicted octanol–water partition coefficient (Wildman–Crippen LogP) is 2.71. The molecule has 0 aliphatic carbocycles. The third-order valence-corrected chi connectivity index (χ3v) is 2.02. The third kappa shape index (κ3) is 2.27. The summed E-state index contributed by atoms with van der Waals surface area (Å²) >= 11 is 11.5. The molecule has 66 valence electrons. The van der Waals surface area contributed by atoms with Gasteiger partial charge in [-0.15, -0.1) is 0 Å². The van der Waals surface area contributed by atoms with Gasteiger partial charge in [-0.2, -0.15) is 0 Å². The highest BCUT2D eigenvalue weighted by molar-refractivity contribution is 6.42. The highest BCUT2D eigenvalue weighted by Gasteiger charge is 2.06. The van der Waals surface area contributed by atoms with Gasteiger partial charge in [-0.05, 0) is 19.1 Å². The van der Waals surface area contributed by atoms with Crippen molar-refractivity contribution in [1.82, 2.24) is 0 Å². The van der Waals surface area contributed by atoms with Gasteiger partial charge in [-0.25, -0.2) is 0 Å². The molecule has 0 aliphatic heterocycles. The Bertz CT molecular complexity index is 274. The highest BCUT2D eigenvalue weighted by Crippen LogP contribution is 2.31. The van der Waals surface area contributed by atoms with Crippen LogP contribution < -0.4 is 4.74 Å². The van der Waals surface area contributed by atoms with Gasteiger partial charge in [0.1, 0.15) is 10.8 Å². The van der Waals surface area contributed by atoms with Crippen molar-refractivity contribution in [2.45, 2.75) is 13.2 Å². The van der Waals surface area contributed by atoms with Crippen LogP contribution in [0.4, 0.5) is 0 Å². The fourth-order valence-corrected chi connectivity index (χ4v) is 1.10. The van der Waals surface area contributed by atoms with Crippen molar-refractivity contribution < 1.29 is 9.84 Å². The molecule has 1 aromatic rings. The summed E-state index contributed by atoms with van der Waals surface area (Å²) in [6.45, 7) is 1.50. The van der Waals surface area contributed by atoms with Crippen molar-refractivity contribution in [3.05, 3.63) is 28.2 Å². The molecule has 4 heteroatoms. The molecule has 2 nitrogen and oxygen atoms in total. The van der Waals surface area contributed by atoms with E-state index < -0.39 is 6.29 Å². The van der Waals surface area contributed by atoms with E-state index in [0.29, 0.717) is 15.8 Å². The molecule has 1 aromatic carbocycles. The average molecular weight is 207 g/mol. The van der Waals surface area contributed by atoms with E-state index in [1.807, 2.05) is 0 Å². The van der Waals surface area contributed by atoms with E-state index in [-0.39, 0.29) is 0 Å². The van der Waals surface area contributed by atoms with E-state index in [9.17, 15) is 0 Å². The first-order valence-corrected chi connectivity index (χ1v) is 4.15. The first-order chi connectivity index (χ1) is 5.61. The molecule has 0 heterocycles. The maximum atomic E-state index is 8.90. The monoisotopic (exact) mass is 206 g/mol. The summed E-state index contributed by atoms with van der Waals surface area (Å²) in [5, 5.41) is 9.63. The standard InChI is InChI=1S/C8H8Cl2O2/c1-5(11)12-7-4-2-3-6(9)8(7)10/h2-5,11H,1H3. The van der Waals surface area contributed by atoms with Crippen LogP contribution in [0.5, 0.6) is 5.75 Å². The summed E-state index contributed by atoms with van der Waals surface area (Å²) in [6.07, 6.45) is -0.888. The Hall–Kier alpha value is -0.440. The van der Waals surface area contributed by atoms with Crippen LogP contribution in [0.2, 0.25) is 10.0 Å². The quantitative estimate of drug-likeness (QED) is 0.755. The summed E-state index contributed by atoms with van der Waals surface area (Å²) < 4.78 is 4.96. The van der Waals surface area contributed by atoms with E-state index >= 15 is 0 Å². The van der Waals surface area contributed by atoms with Crippen LogP contribution in [0.15, 0.2) is 18.2 Å². The summed E-state index contributed by atoms with van der Waals surface area (Å²) in [5.41, 5.74) is 0. The molecule has 0 radical (unpaired) electrons. The van der Waals surface area contributed by atoms with Crippen molar-refractivity contribution in [3.8, 4) is 5.75 Å². The van der Waals surface area contributed by atoms with Crippen LogP contribution in [0.25, 0.3) is 0 Å². The van der Waals surface area contributed by atoms with Gasteiger partial charge in [0.15, 0.2) is 6.29 Å². The van der Waals surface area contributed by atoms with Crippen LogP contribution in [0.1, 0.15) is 6.92 Å². The van der Waals surface area contributed by atoms with Crippen LogP contribution >= 0.6 is 23.2 Å². The number of halogens is 2. The molecule has 0 spiro atoms. The van der Waals surface area contributed by atoms with E-state index in [1.165, 1.54) is 6.92 Å². The largest absolute Gasteiger partial charge is 0.464 e. The van der Waals surface area contributed by atoms with Crippen molar-refractivity contribution in [2.24, 2.45) is 0 Å². The van der Waals surface area contributed by atoms with Crippen molar-refractivity contribution in [1.29, 1.82) is 0 Å². The minimum atomic E-state index is -0.888. The zero-order chi connectivity index (χ0) is 9.14. The fourth-order valence-electron chi connectivity index (χ4n) is 0.759. The lowest BCUT2D eigenvalue weighted by Crippen LogP contribution is -2.09. The maximum Gasteiger partial charge on any atom is 0.194 e. The van der Waals surface area contributed by atoms with Gasteiger partial charge < -0.3 is 9.84 Å². The molecule has 0 bridgehead atoms. The molecule has 1 rings (SSSR count). The van der Waals surface area contributed by atoms with Gasteiger partial charge >= 0.3 is 0 Å². The SMILES string of the molecule is CC(O)Oc1cccc(Cl)c1Cl. The lowest BCUT2D eigenvalue weighted by atomic mass is 10.3. The molecule has 0 saturated carbocycles. The van der Waals surface area contributed by atoms with Crippen molar-refractivity contribution in [3.63, 3.8) is 0 Å². The van der Waals surface area contributed by atoms with Gasteiger partial charge in [0.05, 0.1) is 5.02 Å². The first-order valence-electron chi connectivity index (χ1n) is 3.40. The molecule has 1 unspecified atom stereocenters. The van der Waals surface area contributed by atoms with Crippen molar-refractivity contribution >= 4 is 23.2 Å². The summed E-state index contributed by atoms with van der Waals surface area (Å²) in [5.74, 6) is 0.388. The number of rotatable bonds is 2. The van der Waals surface area contributed by atoms with Gasteiger partial charge in [0, 0.05) is 0 Å². The van der Waals surface area contributed by atoms with Crippen molar-refractivity contribution in [2.75, 3.05) is 0 Å². The number of hydrogen-bond donors (Lipinski definition) is 1. The van der Waals surface area contributed by atoms with E-state index in [4.69, 9.17) is 33.0 Å². The molecule has 1 N–H and O–H groups in total. The van der Waals surface area contributed by atoms with Gasteiger partial charge in [-0.1, -0.05) is 29.3 Å². The molecule has 0 fully saturated rings. The number of hydrogen-bond acceptors (Lipinski definition) is 2. The Balaban J connectivity index is 2.92. The first kappa shape index (κ1) is 9.65. The second-order valence-electron chi connectivity index (χ2n) is 2.27. The second kappa shape index (κ2) is 3.99. The minimum absolute atomic E-state index is 0.320. The molecule has 12 heavy (non-hydrogen) atoms. The highest BCUT2D eigenvalue weighted by atomic mass is 35.5. The fraction of sp³-hybridized carbons (Fsp3) is 0.250. The maximum absolute atomic E-state index is 8.90. The molecular weight excluding hydrogens is 199 g/mol. The van der Waals surface area contributed by atoms with Gasteiger partial charge in [0.2, 0.25) is 0 Å². The van der Waals surface area contributed by atoms with E-state index in [0.717, 1.165) is 0 Å². The number of aliphatic hydroxyl groups is 1. The Morgan fingerprint density at radius 3 is 2.67 bits per heavy atom. The van der Waals surface area contributed by atoms with E-state index in [2.05, 4.69) is 0 Å². The predicted molar refractivity (Wildman–Crippen MR) is 48.8 cm³/mol. The summed E-state index contributed by atoms with van der Waals surface area (Å²) in [4.78, 5) is 0. The summed E-state index contributed by atoms with van der Waals surface area (Å²) in [6, 6.07) is 4.99. The molecule has 0 aliphatic rings. The van der Waals surface area contributed by atoms with Crippen LogP contribution in [0.3, 0.4) is 0 Å². The lowest BCUT2D eigenvalue weighted by Gasteiger charge is -2.10. The zero-order valence-corrected chi connectivity index (χ0v) is 7.93. The van der Waals surface area contributed by atoms with Gasteiger partial charge in [0.25, 0.3) is 0 Å². The number of ether oxygens (including phenoxy) is 1. The Labute approximate surface area is 80.7 Å². The topological polar surface area (TPSA) is 29.5 Å². The van der Waals surface area contributed by atoms with E-state index in [1.54, 1.807) is 18.2 Å². The average Bonchev–Trinajstić information content (AvgIpc) is 1.98. The number of aliphatic hydroxyl groups excluding tert-OH is 1. The van der Waals surface area contributed by atoms with Crippen LogP contribution in [-0.2, 0) is 0 Å². The Morgan fingerprint density at radius 1 is 1.42 bits per heavy atom. The zero-order valence-electron chi connectivity index (χ0n) is 6.42. The Morgan fingerprint density at radius 2 is 2.08 bits per heavy atom. The smallest absolute Gasteiger partial charge is 0.194 e.